The van der Waals surface area contributed by atoms with Gasteiger partial charge in [-0.3, -0.25) is 9.78 Å². The Balaban J connectivity index is 1.53. The zero-order valence-corrected chi connectivity index (χ0v) is 14.9. The molecule has 0 fully saturated rings. The lowest BCUT2D eigenvalue weighted by Crippen LogP contribution is -2.16. The van der Waals surface area contributed by atoms with Crippen LogP contribution in [0.4, 0.5) is 11.6 Å². The van der Waals surface area contributed by atoms with E-state index in [1.54, 1.807) is 24.5 Å². The number of aromatic nitrogens is 3. The molecule has 0 aliphatic rings. The Bertz CT molecular complexity index is 840. The number of hydrogen-bond donors (Lipinski definition) is 2. The first-order valence-electron chi connectivity index (χ1n) is 7.70. The van der Waals surface area contributed by atoms with Gasteiger partial charge >= 0.3 is 0 Å². The zero-order valence-electron chi connectivity index (χ0n) is 13.3. The van der Waals surface area contributed by atoms with Crippen molar-refractivity contribution in [1.29, 1.82) is 0 Å². The number of anilines is 2. The zero-order chi connectivity index (χ0) is 17.5. The van der Waals surface area contributed by atoms with E-state index in [1.165, 1.54) is 0 Å². The standard InChI is InChI=1S/C18H16BrN5O/c19-15-4-2-1-3-14(15)11-18(25)22-17-6-5-16(23-24-17)21-12-13-7-9-20-10-8-13/h1-10H,11-12H2,(H,21,23)(H,22,24,25). The van der Waals surface area contributed by atoms with Crippen LogP contribution < -0.4 is 10.6 Å². The maximum atomic E-state index is 12.1. The Kier molecular flexibility index (Phi) is 5.69. The molecule has 7 heteroatoms. The fourth-order valence-electron chi connectivity index (χ4n) is 2.19. The molecule has 1 aromatic carbocycles. The van der Waals surface area contributed by atoms with Crippen LogP contribution in [-0.2, 0) is 17.8 Å². The molecule has 25 heavy (non-hydrogen) atoms. The van der Waals surface area contributed by atoms with Gasteiger partial charge in [0.2, 0.25) is 5.91 Å². The second-order valence-corrected chi connectivity index (χ2v) is 6.18. The van der Waals surface area contributed by atoms with Crippen molar-refractivity contribution in [1.82, 2.24) is 15.2 Å². The van der Waals surface area contributed by atoms with Gasteiger partial charge in [-0.1, -0.05) is 34.1 Å². The monoisotopic (exact) mass is 397 g/mol. The molecule has 0 saturated carbocycles. The quantitative estimate of drug-likeness (QED) is 0.665. The summed E-state index contributed by atoms with van der Waals surface area (Å²) in [5.74, 6) is 0.922. The van der Waals surface area contributed by atoms with Gasteiger partial charge < -0.3 is 10.6 Å². The van der Waals surface area contributed by atoms with Crippen LogP contribution in [0, 0.1) is 0 Å². The third-order valence-electron chi connectivity index (χ3n) is 3.46. The van der Waals surface area contributed by atoms with Crippen LogP contribution in [0.3, 0.4) is 0 Å². The smallest absolute Gasteiger partial charge is 0.230 e. The number of hydrogen-bond acceptors (Lipinski definition) is 5. The summed E-state index contributed by atoms with van der Waals surface area (Å²) in [4.78, 5) is 16.1. The minimum absolute atomic E-state index is 0.140. The molecule has 0 saturated heterocycles. The van der Waals surface area contributed by atoms with Gasteiger partial charge in [-0.25, -0.2) is 0 Å². The Hall–Kier alpha value is -2.80. The number of carbonyl (C=O) groups excluding carboxylic acids is 1. The van der Waals surface area contributed by atoms with Crippen LogP contribution in [0.1, 0.15) is 11.1 Å². The highest BCUT2D eigenvalue weighted by Gasteiger charge is 2.08. The molecule has 2 heterocycles. The number of nitrogens with zero attached hydrogens (tertiary/aromatic N) is 3. The first kappa shape index (κ1) is 17.0. The summed E-state index contributed by atoms with van der Waals surface area (Å²) < 4.78 is 0.909. The van der Waals surface area contributed by atoms with E-state index in [0.717, 1.165) is 15.6 Å². The number of benzene rings is 1. The molecule has 0 unspecified atom stereocenters. The summed E-state index contributed by atoms with van der Waals surface area (Å²) in [5.41, 5.74) is 2.02. The molecule has 6 nitrogen and oxygen atoms in total. The summed E-state index contributed by atoms with van der Waals surface area (Å²) in [6.45, 7) is 0.630. The Morgan fingerprint density at radius 3 is 2.40 bits per heavy atom. The second-order valence-electron chi connectivity index (χ2n) is 5.33. The molecule has 0 spiro atoms. The molecule has 1 amide bonds. The minimum atomic E-state index is -0.140. The molecule has 0 aliphatic heterocycles. The van der Waals surface area contributed by atoms with E-state index < -0.39 is 0 Å². The first-order chi connectivity index (χ1) is 12.2. The Morgan fingerprint density at radius 1 is 0.960 bits per heavy atom. The second kappa shape index (κ2) is 8.34. The highest BCUT2D eigenvalue weighted by Crippen LogP contribution is 2.17. The molecule has 3 aromatic rings. The molecule has 2 N–H and O–H groups in total. The number of amides is 1. The molecule has 0 bridgehead atoms. The molecule has 126 valence electrons. The van der Waals surface area contributed by atoms with E-state index >= 15 is 0 Å². The fourth-order valence-corrected chi connectivity index (χ4v) is 2.61. The van der Waals surface area contributed by atoms with Crippen molar-refractivity contribution in [3.8, 4) is 0 Å². The van der Waals surface area contributed by atoms with Crippen LogP contribution in [-0.4, -0.2) is 21.1 Å². The van der Waals surface area contributed by atoms with Gasteiger partial charge in [-0.2, -0.15) is 0 Å². The number of nitrogens with one attached hydrogen (secondary N) is 2. The van der Waals surface area contributed by atoms with E-state index in [9.17, 15) is 4.79 Å². The number of halogens is 1. The van der Waals surface area contributed by atoms with Crippen molar-refractivity contribution in [3.63, 3.8) is 0 Å². The minimum Gasteiger partial charge on any atom is -0.365 e. The van der Waals surface area contributed by atoms with Crippen molar-refractivity contribution < 1.29 is 4.79 Å². The van der Waals surface area contributed by atoms with Gasteiger partial charge in [0.1, 0.15) is 5.82 Å². The molecule has 0 radical (unpaired) electrons. The van der Waals surface area contributed by atoms with Crippen molar-refractivity contribution in [2.75, 3.05) is 10.6 Å². The van der Waals surface area contributed by atoms with Crippen molar-refractivity contribution in [2.24, 2.45) is 0 Å². The summed E-state index contributed by atoms with van der Waals surface area (Å²) in [6, 6.07) is 15.0. The predicted octanol–water partition coefficient (Wildman–Crippen LogP) is 3.43. The number of carbonyl (C=O) groups is 1. The van der Waals surface area contributed by atoms with Crippen molar-refractivity contribution >= 4 is 33.5 Å². The molecule has 2 aromatic heterocycles. The van der Waals surface area contributed by atoms with Crippen LogP contribution in [0.15, 0.2) is 65.4 Å². The third kappa shape index (κ3) is 5.09. The lowest BCUT2D eigenvalue weighted by atomic mass is 10.1. The summed E-state index contributed by atoms with van der Waals surface area (Å²) in [5, 5.41) is 14.0. The SMILES string of the molecule is O=C(Cc1ccccc1Br)Nc1ccc(NCc2ccncc2)nn1. The average molecular weight is 398 g/mol. The van der Waals surface area contributed by atoms with Crippen molar-refractivity contribution in [2.45, 2.75) is 13.0 Å². The lowest BCUT2D eigenvalue weighted by Gasteiger charge is -2.07. The van der Waals surface area contributed by atoms with E-state index in [4.69, 9.17) is 0 Å². The van der Waals surface area contributed by atoms with E-state index in [-0.39, 0.29) is 12.3 Å². The van der Waals surface area contributed by atoms with Crippen LogP contribution in [0.5, 0.6) is 0 Å². The third-order valence-corrected chi connectivity index (χ3v) is 4.24. The van der Waals surface area contributed by atoms with Gasteiger partial charge in [-0.05, 0) is 41.5 Å². The normalized spacial score (nSPS) is 10.3. The van der Waals surface area contributed by atoms with E-state index in [1.807, 2.05) is 36.4 Å². The summed E-state index contributed by atoms with van der Waals surface area (Å²) >= 11 is 3.44. The van der Waals surface area contributed by atoms with Crippen LogP contribution in [0.2, 0.25) is 0 Å². The number of pyridine rings is 1. The first-order valence-corrected chi connectivity index (χ1v) is 8.50. The van der Waals surface area contributed by atoms with Gasteiger partial charge in [0.25, 0.3) is 0 Å². The Morgan fingerprint density at radius 2 is 1.68 bits per heavy atom. The predicted molar refractivity (Wildman–Crippen MR) is 100 cm³/mol. The highest BCUT2D eigenvalue weighted by atomic mass is 79.9. The molecular weight excluding hydrogens is 382 g/mol. The largest absolute Gasteiger partial charge is 0.365 e. The van der Waals surface area contributed by atoms with Gasteiger partial charge in [0.05, 0.1) is 6.42 Å². The molecule has 3 rings (SSSR count). The highest BCUT2D eigenvalue weighted by molar-refractivity contribution is 9.10. The average Bonchev–Trinajstić information content (AvgIpc) is 2.64. The molecule has 0 aliphatic carbocycles. The fraction of sp³-hybridized carbons (Fsp3) is 0.111. The van der Waals surface area contributed by atoms with Gasteiger partial charge in [0.15, 0.2) is 5.82 Å². The van der Waals surface area contributed by atoms with E-state index in [0.29, 0.717) is 18.2 Å². The van der Waals surface area contributed by atoms with Crippen LogP contribution in [0.25, 0.3) is 0 Å². The summed E-state index contributed by atoms with van der Waals surface area (Å²) in [6.07, 6.45) is 3.75. The molecular formula is C18H16BrN5O. The Labute approximate surface area is 153 Å². The molecule has 0 atom stereocenters. The van der Waals surface area contributed by atoms with Crippen molar-refractivity contribution in [3.05, 3.63) is 76.5 Å². The van der Waals surface area contributed by atoms with Crippen LogP contribution >= 0.6 is 15.9 Å². The number of rotatable bonds is 6. The van der Waals surface area contributed by atoms with Gasteiger partial charge in [0, 0.05) is 23.4 Å². The maximum Gasteiger partial charge on any atom is 0.230 e. The van der Waals surface area contributed by atoms with Gasteiger partial charge in [-0.15, -0.1) is 10.2 Å². The summed E-state index contributed by atoms with van der Waals surface area (Å²) in [7, 11) is 0. The topological polar surface area (TPSA) is 79.8 Å². The maximum absolute atomic E-state index is 12.1. The lowest BCUT2D eigenvalue weighted by molar-refractivity contribution is -0.115. The van der Waals surface area contributed by atoms with E-state index in [2.05, 4.69) is 41.7 Å².